The summed E-state index contributed by atoms with van der Waals surface area (Å²) in [5.41, 5.74) is 2.83. The highest BCUT2D eigenvalue weighted by atomic mass is 35.5. The molecule has 2 aromatic carbocycles. The van der Waals surface area contributed by atoms with Gasteiger partial charge in [0, 0.05) is 31.2 Å². The fraction of sp³-hybridized carbons (Fsp3) is 0.100. The monoisotopic (exact) mass is 385 g/mol. The Labute approximate surface area is 162 Å². The summed E-state index contributed by atoms with van der Waals surface area (Å²) in [6.45, 7) is 1.24. The van der Waals surface area contributed by atoms with E-state index in [9.17, 15) is 4.39 Å². The second-order valence-electron chi connectivity index (χ2n) is 5.76. The van der Waals surface area contributed by atoms with Crippen LogP contribution in [0.4, 0.5) is 10.1 Å². The van der Waals surface area contributed by atoms with Gasteiger partial charge in [-0.15, -0.1) is 0 Å². The minimum absolute atomic E-state index is 0.0552. The molecule has 0 aliphatic rings. The molecule has 0 spiro atoms. The topological polar surface area (TPSA) is 28.2 Å². The third kappa shape index (κ3) is 5.00. The fourth-order valence-electron chi connectivity index (χ4n) is 2.49. The summed E-state index contributed by atoms with van der Waals surface area (Å²) >= 11 is 11.4. The third-order valence-corrected chi connectivity index (χ3v) is 4.42. The van der Waals surface area contributed by atoms with Crippen molar-refractivity contribution < 1.29 is 4.39 Å². The van der Waals surface area contributed by atoms with Crippen LogP contribution in [0.1, 0.15) is 11.1 Å². The lowest BCUT2D eigenvalue weighted by Gasteiger charge is -2.26. The number of anilines is 1. The van der Waals surface area contributed by atoms with E-state index in [4.69, 9.17) is 23.8 Å². The van der Waals surface area contributed by atoms with Crippen LogP contribution >= 0.6 is 23.8 Å². The lowest BCUT2D eigenvalue weighted by atomic mass is 10.2. The zero-order valence-electron chi connectivity index (χ0n) is 13.9. The predicted octanol–water partition coefficient (Wildman–Crippen LogP) is 5.27. The van der Waals surface area contributed by atoms with Crippen LogP contribution in [-0.2, 0) is 13.1 Å². The van der Waals surface area contributed by atoms with Crippen molar-refractivity contribution in [1.82, 2.24) is 9.88 Å². The molecular weight excluding hydrogens is 369 g/mol. The molecule has 0 atom stereocenters. The molecule has 1 heterocycles. The Morgan fingerprint density at radius 3 is 2.46 bits per heavy atom. The van der Waals surface area contributed by atoms with Crippen LogP contribution in [0.2, 0.25) is 5.02 Å². The number of benzene rings is 2. The Hall–Kier alpha value is -2.50. The quantitative estimate of drug-likeness (QED) is 0.605. The van der Waals surface area contributed by atoms with Crippen LogP contribution in [0.3, 0.4) is 0 Å². The molecule has 26 heavy (non-hydrogen) atoms. The van der Waals surface area contributed by atoms with Crippen molar-refractivity contribution in [2.45, 2.75) is 13.1 Å². The maximum absolute atomic E-state index is 13.4. The van der Waals surface area contributed by atoms with Gasteiger partial charge in [-0.3, -0.25) is 4.98 Å². The first-order valence-corrected chi connectivity index (χ1v) is 8.84. The highest BCUT2D eigenvalue weighted by molar-refractivity contribution is 7.80. The average Bonchev–Trinajstić information content (AvgIpc) is 2.66. The molecule has 0 saturated heterocycles. The second-order valence-corrected chi connectivity index (χ2v) is 6.56. The van der Waals surface area contributed by atoms with E-state index >= 15 is 0 Å². The smallest absolute Gasteiger partial charge is 0.174 e. The molecule has 3 rings (SSSR count). The number of hydrogen-bond donors (Lipinski definition) is 1. The van der Waals surface area contributed by atoms with Gasteiger partial charge in [0.2, 0.25) is 0 Å². The van der Waals surface area contributed by atoms with Gasteiger partial charge in [0.1, 0.15) is 5.82 Å². The van der Waals surface area contributed by atoms with Crippen LogP contribution in [0.15, 0.2) is 73.1 Å². The third-order valence-electron chi connectivity index (χ3n) is 3.77. The minimum atomic E-state index is -0.459. The van der Waals surface area contributed by atoms with E-state index in [2.05, 4.69) is 10.3 Å². The Bertz CT molecular complexity index is 833. The van der Waals surface area contributed by atoms with Crippen molar-refractivity contribution in [3.8, 4) is 0 Å². The van der Waals surface area contributed by atoms with Gasteiger partial charge >= 0.3 is 0 Å². The largest absolute Gasteiger partial charge is 0.340 e. The number of aromatic nitrogens is 1. The van der Waals surface area contributed by atoms with E-state index < -0.39 is 5.82 Å². The van der Waals surface area contributed by atoms with Crippen LogP contribution in [0, 0.1) is 5.82 Å². The number of nitrogens with one attached hydrogen (secondary N) is 1. The van der Waals surface area contributed by atoms with Gasteiger partial charge in [0.05, 0.1) is 5.02 Å². The first-order chi connectivity index (χ1) is 12.6. The Morgan fingerprint density at radius 1 is 1.04 bits per heavy atom. The van der Waals surface area contributed by atoms with Gasteiger partial charge in [0.25, 0.3) is 0 Å². The SMILES string of the molecule is Fc1ccc(NC(=S)N(Cc2ccccc2)Cc2cccnc2)cc1Cl. The van der Waals surface area contributed by atoms with Crippen molar-refractivity contribution in [1.29, 1.82) is 0 Å². The summed E-state index contributed by atoms with van der Waals surface area (Å²) in [7, 11) is 0. The standard InChI is InChI=1S/C20H17ClFN3S/c21-18-11-17(8-9-19(18)22)24-20(26)25(13-15-5-2-1-3-6-15)14-16-7-4-10-23-12-16/h1-12H,13-14H2,(H,24,26). The summed E-state index contributed by atoms with van der Waals surface area (Å²) < 4.78 is 13.4. The highest BCUT2D eigenvalue weighted by Gasteiger charge is 2.12. The molecule has 0 unspecified atom stereocenters. The normalized spacial score (nSPS) is 10.4. The van der Waals surface area contributed by atoms with E-state index in [0.717, 1.165) is 11.1 Å². The number of hydrogen-bond acceptors (Lipinski definition) is 2. The van der Waals surface area contributed by atoms with Gasteiger partial charge in [0.15, 0.2) is 5.11 Å². The summed E-state index contributed by atoms with van der Waals surface area (Å²) in [6.07, 6.45) is 3.55. The Morgan fingerprint density at radius 2 is 1.77 bits per heavy atom. The summed E-state index contributed by atoms with van der Waals surface area (Å²) in [4.78, 5) is 6.19. The first-order valence-electron chi connectivity index (χ1n) is 8.05. The van der Waals surface area contributed by atoms with Crippen molar-refractivity contribution in [3.05, 3.63) is 95.0 Å². The zero-order chi connectivity index (χ0) is 18.4. The van der Waals surface area contributed by atoms with E-state index in [-0.39, 0.29) is 5.02 Å². The van der Waals surface area contributed by atoms with Gasteiger partial charge in [-0.2, -0.15) is 0 Å². The van der Waals surface area contributed by atoms with Gasteiger partial charge in [-0.25, -0.2) is 4.39 Å². The summed E-state index contributed by atoms with van der Waals surface area (Å²) in [6, 6.07) is 18.4. The van der Waals surface area contributed by atoms with Crippen LogP contribution in [0.5, 0.6) is 0 Å². The number of thiocarbonyl (C=S) groups is 1. The Kier molecular flexibility index (Phi) is 6.15. The minimum Gasteiger partial charge on any atom is -0.340 e. The van der Waals surface area contributed by atoms with Crippen LogP contribution in [0.25, 0.3) is 0 Å². The molecule has 1 aromatic heterocycles. The van der Waals surface area contributed by atoms with E-state index in [1.807, 2.05) is 53.6 Å². The molecule has 0 aliphatic heterocycles. The maximum atomic E-state index is 13.4. The number of halogens is 2. The number of nitrogens with zero attached hydrogens (tertiary/aromatic N) is 2. The van der Waals surface area contributed by atoms with Gasteiger partial charge < -0.3 is 10.2 Å². The molecule has 1 N–H and O–H groups in total. The molecule has 0 saturated carbocycles. The molecule has 0 radical (unpaired) electrons. The van der Waals surface area contributed by atoms with Crippen molar-refractivity contribution in [2.75, 3.05) is 5.32 Å². The molecule has 3 nitrogen and oxygen atoms in total. The number of rotatable bonds is 5. The lowest BCUT2D eigenvalue weighted by Crippen LogP contribution is -2.33. The highest BCUT2D eigenvalue weighted by Crippen LogP contribution is 2.20. The van der Waals surface area contributed by atoms with Crippen LogP contribution < -0.4 is 5.32 Å². The van der Waals surface area contributed by atoms with Crippen molar-refractivity contribution in [2.24, 2.45) is 0 Å². The molecule has 0 bridgehead atoms. The molecule has 3 aromatic rings. The lowest BCUT2D eigenvalue weighted by molar-refractivity contribution is 0.412. The first kappa shape index (κ1) is 18.3. The molecule has 0 aliphatic carbocycles. The predicted molar refractivity (Wildman–Crippen MR) is 108 cm³/mol. The second kappa shape index (κ2) is 8.74. The average molecular weight is 386 g/mol. The fourth-order valence-corrected chi connectivity index (χ4v) is 2.92. The molecule has 6 heteroatoms. The van der Waals surface area contributed by atoms with Crippen LogP contribution in [-0.4, -0.2) is 15.0 Å². The molecule has 0 fully saturated rings. The summed E-state index contributed by atoms with van der Waals surface area (Å²) in [5.74, 6) is -0.459. The van der Waals surface area contributed by atoms with E-state index in [1.54, 1.807) is 12.3 Å². The van der Waals surface area contributed by atoms with Gasteiger partial charge in [-0.1, -0.05) is 48.0 Å². The van der Waals surface area contributed by atoms with Gasteiger partial charge in [-0.05, 0) is 47.6 Å². The zero-order valence-corrected chi connectivity index (χ0v) is 15.5. The molecule has 132 valence electrons. The maximum Gasteiger partial charge on any atom is 0.174 e. The molecule has 0 amide bonds. The summed E-state index contributed by atoms with van der Waals surface area (Å²) in [5, 5.41) is 3.72. The molecular formula is C20H17ClFN3S. The Balaban J connectivity index is 1.78. The van der Waals surface area contributed by atoms with E-state index in [0.29, 0.717) is 23.9 Å². The van der Waals surface area contributed by atoms with Crippen molar-refractivity contribution >= 4 is 34.6 Å². The van der Waals surface area contributed by atoms with Crippen molar-refractivity contribution in [3.63, 3.8) is 0 Å². The number of pyridine rings is 1. The van der Waals surface area contributed by atoms with E-state index in [1.165, 1.54) is 12.1 Å².